The van der Waals surface area contributed by atoms with Crippen molar-refractivity contribution in [2.45, 2.75) is 12.5 Å². The molecule has 0 saturated carbocycles. The van der Waals surface area contributed by atoms with E-state index in [2.05, 4.69) is 5.43 Å². The summed E-state index contributed by atoms with van der Waals surface area (Å²) in [7, 11) is 0. The van der Waals surface area contributed by atoms with Gasteiger partial charge in [0.25, 0.3) is 0 Å². The molecule has 0 saturated heterocycles. The number of furan rings is 1. The molecular weight excluding hydrogens is 226 g/mol. The van der Waals surface area contributed by atoms with Gasteiger partial charge in [0.15, 0.2) is 0 Å². The van der Waals surface area contributed by atoms with Crippen LogP contribution in [0, 0.1) is 11.6 Å². The van der Waals surface area contributed by atoms with Crippen LogP contribution in [0.2, 0.25) is 0 Å². The summed E-state index contributed by atoms with van der Waals surface area (Å²) in [4.78, 5) is 0. The number of hydrazine groups is 1. The van der Waals surface area contributed by atoms with E-state index >= 15 is 0 Å². The second-order valence-electron chi connectivity index (χ2n) is 3.67. The van der Waals surface area contributed by atoms with Crippen LogP contribution in [0.5, 0.6) is 0 Å². The van der Waals surface area contributed by atoms with Gasteiger partial charge in [-0.3, -0.25) is 11.3 Å². The van der Waals surface area contributed by atoms with E-state index in [0.29, 0.717) is 17.7 Å². The second kappa shape index (κ2) is 5.07. The van der Waals surface area contributed by atoms with E-state index in [1.807, 2.05) is 0 Å². The molecule has 90 valence electrons. The zero-order valence-corrected chi connectivity index (χ0v) is 8.99. The summed E-state index contributed by atoms with van der Waals surface area (Å²) in [6.07, 6.45) is 1.93. The minimum Gasteiger partial charge on any atom is -0.469 e. The fourth-order valence-corrected chi connectivity index (χ4v) is 1.67. The molecule has 1 heterocycles. The molecule has 17 heavy (non-hydrogen) atoms. The molecule has 5 heteroatoms. The zero-order chi connectivity index (χ0) is 12.3. The average Bonchev–Trinajstić information content (AvgIpc) is 2.79. The highest BCUT2D eigenvalue weighted by Crippen LogP contribution is 2.21. The van der Waals surface area contributed by atoms with Crippen LogP contribution in [0.15, 0.2) is 41.0 Å². The Balaban J connectivity index is 2.23. The monoisotopic (exact) mass is 238 g/mol. The number of hydrogen-bond donors (Lipinski definition) is 2. The molecule has 3 N–H and O–H groups in total. The normalized spacial score (nSPS) is 12.6. The van der Waals surface area contributed by atoms with Crippen molar-refractivity contribution >= 4 is 0 Å². The molecule has 0 bridgehead atoms. The Morgan fingerprint density at radius 2 is 2.12 bits per heavy atom. The first kappa shape index (κ1) is 11.8. The van der Waals surface area contributed by atoms with Crippen molar-refractivity contribution < 1.29 is 13.2 Å². The maximum absolute atomic E-state index is 13.6. The van der Waals surface area contributed by atoms with E-state index < -0.39 is 17.7 Å². The highest BCUT2D eigenvalue weighted by atomic mass is 19.1. The van der Waals surface area contributed by atoms with Crippen LogP contribution in [-0.4, -0.2) is 0 Å². The molecule has 1 unspecified atom stereocenters. The van der Waals surface area contributed by atoms with Crippen molar-refractivity contribution in [3.8, 4) is 0 Å². The van der Waals surface area contributed by atoms with Crippen LogP contribution < -0.4 is 11.3 Å². The Hall–Kier alpha value is -1.72. The molecule has 3 nitrogen and oxygen atoms in total. The lowest BCUT2D eigenvalue weighted by atomic mass is 10.0. The number of halogens is 2. The van der Waals surface area contributed by atoms with Gasteiger partial charge in [-0.25, -0.2) is 8.78 Å². The van der Waals surface area contributed by atoms with Crippen LogP contribution in [0.3, 0.4) is 0 Å². The molecule has 0 aliphatic heterocycles. The van der Waals surface area contributed by atoms with Crippen molar-refractivity contribution in [2.24, 2.45) is 5.84 Å². The van der Waals surface area contributed by atoms with Crippen molar-refractivity contribution in [2.75, 3.05) is 0 Å². The summed E-state index contributed by atoms with van der Waals surface area (Å²) < 4.78 is 31.5. The van der Waals surface area contributed by atoms with Gasteiger partial charge in [-0.1, -0.05) is 6.07 Å². The summed E-state index contributed by atoms with van der Waals surface area (Å²) in [5, 5.41) is 0. The van der Waals surface area contributed by atoms with Gasteiger partial charge in [0.1, 0.15) is 17.4 Å². The van der Waals surface area contributed by atoms with Crippen LogP contribution in [-0.2, 0) is 6.42 Å². The molecule has 0 radical (unpaired) electrons. The Labute approximate surface area is 97.2 Å². The number of nitrogens with two attached hydrogens (primary N) is 1. The molecule has 0 aliphatic carbocycles. The Morgan fingerprint density at radius 3 is 2.71 bits per heavy atom. The van der Waals surface area contributed by atoms with E-state index in [1.165, 1.54) is 18.4 Å². The summed E-state index contributed by atoms with van der Waals surface area (Å²) in [5.41, 5.74) is 2.80. The highest BCUT2D eigenvalue weighted by molar-refractivity contribution is 5.23. The minimum atomic E-state index is -0.625. The van der Waals surface area contributed by atoms with Gasteiger partial charge in [0.2, 0.25) is 0 Å². The predicted molar refractivity (Wildman–Crippen MR) is 58.8 cm³/mol. The van der Waals surface area contributed by atoms with Gasteiger partial charge >= 0.3 is 0 Å². The summed E-state index contributed by atoms with van der Waals surface area (Å²) >= 11 is 0. The fraction of sp³-hybridized carbons (Fsp3) is 0.167. The van der Waals surface area contributed by atoms with Crippen LogP contribution >= 0.6 is 0 Å². The van der Waals surface area contributed by atoms with Gasteiger partial charge in [0.05, 0.1) is 12.3 Å². The first-order chi connectivity index (χ1) is 8.20. The van der Waals surface area contributed by atoms with Gasteiger partial charge in [0, 0.05) is 18.1 Å². The largest absolute Gasteiger partial charge is 0.469 e. The van der Waals surface area contributed by atoms with Crippen molar-refractivity contribution in [3.05, 3.63) is 59.6 Å². The molecule has 0 aliphatic rings. The van der Waals surface area contributed by atoms with Gasteiger partial charge in [-0.05, 0) is 18.2 Å². The Bertz CT molecular complexity index is 485. The van der Waals surface area contributed by atoms with E-state index in [0.717, 1.165) is 6.07 Å². The third-order valence-electron chi connectivity index (χ3n) is 2.52. The fourth-order valence-electron chi connectivity index (χ4n) is 1.67. The maximum atomic E-state index is 13.6. The highest BCUT2D eigenvalue weighted by Gasteiger charge is 2.16. The lowest BCUT2D eigenvalue weighted by Crippen LogP contribution is -2.30. The topological polar surface area (TPSA) is 51.2 Å². The Morgan fingerprint density at radius 1 is 1.29 bits per heavy atom. The standard InChI is InChI=1S/C12H12F2N2O/c13-8-3-4-10(11(14)6-8)12(16-15)7-9-2-1-5-17-9/h1-6,12,16H,7,15H2. The van der Waals surface area contributed by atoms with Gasteiger partial charge in [-0.15, -0.1) is 0 Å². The van der Waals surface area contributed by atoms with E-state index in [4.69, 9.17) is 10.3 Å². The van der Waals surface area contributed by atoms with Crippen LogP contribution in [0.1, 0.15) is 17.4 Å². The summed E-state index contributed by atoms with van der Waals surface area (Å²) in [6, 6.07) is 6.46. The molecule has 1 atom stereocenters. The first-order valence-electron chi connectivity index (χ1n) is 5.14. The average molecular weight is 238 g/mol. The number of rotatable bonds is 4. The first-order valence-corrected chi connectivity index (χ1v) is 5.14. The number of benzene rings is 1. The van der Waals surface area contributed by atoms with Crippen molar-refractivity contribution in [1.82, 2.24) is 5.43 Å². The van der Waals surface area contributed by atoms with Crippen molar-refractivity contribution in [1.29, 1.82) is 0 Å². The molecule has 0 fully saturated rings. The summed E-state index contributed by atoms with van der Waals surface area (Å²) in [5.74, 6) is 4.82. The molecule has 0 amide bonds. The minimum absolute atomic E-state index is 0.310. The Kier molecular flexibility index (Phi) is 3.51. The lowest BCUT2D eigenvalue weighted by molar-refractivity contribution is 0.442. The van der Waals surface area contributed by atoms with Crippen LogP contribution in [0.4, 0.5) is 8.78 Å². The van der Waals surface area contributed by atoms with E-state index in [-0.39, 0.29) is 0 Å². The SMILES string of the molecule is NNC(Cc1ccco1)c1ccc(F)cc1F. The lowest BCUT2D eigenvalue weighted by Gasteiger charge is -2.15. The molecular formula is C12H12F2N2O. The summed E-state index contributed by atoms with van der Waals surface area (Å²) in [6.45, 7) is 0. The quantitative estimate of drug-likeness (QED) is 0.634. The molecule has 2 rings (SSSR count). The molecule has 2 aromatic rings. The van der Waals surface area contributed by atoms with Gasteiger partial charge < -0.3 is 4.42 Å². The zero-order valence-electron chi connectivity index (χ0n) is 8.99. The number of nitrogens with one attached hydrogen (secondary N) is 1. The number of hydrogen-bond acceptors (Lipinski definition) is 3. The second-order valence-corrected chi connectivity index (χ2v) is 3.67. The van der Waals surface area contributed by atoms with Crippen molar-refractivity contribution in [3.63, 3.8) is 0 Å². The predicted octanol–water partition coefficient (Wildman–Crippen LogP) is 2.30. The van der Waals surface area contributed by atoms with E-state index in [9.17, 15) is 8.78 Å². The molecule has 0 spiro atoms. The van der Waals surface area contributed by atoms with Crippen LogP contribution in [0.25, 0.3) is 0 Å². The third kappa shape index (κ3) is 2.69. The third-order valence-corrected chi connectivity index (χ3v) is 2.52. The van der Waals surface area contributed by atoms with Gasteiger partial charge in [-0.2, -0.15) is 0 Å². The molecule has 1 aromatic heterocycles. The maximum Gasteiger partial charge on any atom is 0.130 e. The van der Waals surface area contributed by atoms with E-state index in [1.54, 1.807) is 12.1 Å². The molecule has 1 aromatic carbocycles. The smallest absolute Gasteiger partial charge is 0.130 e.